The number of para-hydroxylation sites is 1. The van der Waals surface area contributed by atoms with Crippen LogP contribution in [0.4, 0.5) is 0 Å². The Morgan fingerprint density at radius 1 is 1.12 bits per heavy atom. The van der Waals surface area contributed by atoms with Crippen LogP contribution in [0.3, 0.4) is 0 Å². The summed E-state index contributed by atoms with van der Waals surface area (Å²) in [6, 6.07) is 14.7. The Morgan fingerprint density at radius 3 is 2.42 bits per heavy atom. The van der Waals surface area contributed by atoms with E-state index in [0.29, 0.717) is 11.4 Å². The van der Waals surface area contributed by atoms with Gasteiger partial charge < -0.3 is 10.2 Å². The Hall–Kier alpha value is -1.83. The molecule has 0 saturated heterocycles. The maximum absolute atomic E-state index is 12.2. The van der Waals surface area contributed by atoms with E-state index in [4.69, 9.17) is 4.74 Å². The van der Waals surface area contributed by atoms with Crippen molar-refractivity contribution in [2.45, 2.75) is 6.04 Å². The molecular weight excluding hydrogens is 392 g/mol. The third-order valence-electron chi connectivity index (χ3n) is 3.77. The van der Waals surface area contributed by atoms with Crippen LogP contribution in [-0.4, -0.2) is 26.2 Å². The predicted molar refractivity (Wildman–Crippen MR) is 97.7 cm³/mol. The van der Waals surface area contributed by atoms with Gasteiger partial charge in [-0.2, -0.15) is 0 Å². The molecule has 1 aliphatic rings. The van der Waals surface area contributed by atoms with Gasteiger partial charge in [-0.3, -0.25) is 0 Å². The van der Waals surface area contributed by atoms with Crippen molar-refractivity contribution in [1.29, 1.82) is 0 Å². The van der Waals surface area contributed by atoms with E-state index in [9.17, 15) is 8.42 Å². The minimum Gasteiger partial charge on any atom is -0.496 e. The molecule has 7 heteroatoms. The summed E-state index contributed by atoms with van der Waals surface area (Å²) in [6.07, 6.45) is 3.08. The molecule has 0 amide bonds. The van der Waals surface area contributed by atoms with Crippen LogP contribution in [0.5, 0.6) is 5.75 Å². The Kier molecular flexibility index (Phi) is 4.67. The van der Waals surface area contributed by atoms with Crippen molar-refractivity contribution in [3.63, 3.8) is 0 Å². The molecule has 2 aromatic rings. The molecule has 1 unspecified atom stereocenters. The zero-order valence-electron chi connectivity index (χ0n) is 13.2. The number of methoxy groups -OCH3 is 1. The van der Waals surface area contributed by atoms with E-state index in [-0.39, 0.29) is 0 Å². The Bertz CT molecular complexity index is 879. The van der Waals surface area contributed by atoms with Crippen LogP contribution in [0.2, 0.25) is 0 Å². The predicted octanol–water partition coefficient (Wildman–Crippen LogP) is 3.32. The van der Waals surface area contributed by atoms with Gasteiger partial charge in [0.1, 0.15) is 5.75 Å². The summed E-state index contributed by atoms with van der Waals surface area (Å²) in [5.41, 5.74) is 5.39. The second-order valence-corrected chi connectivity index (χ2v) is 8.22. The van der Waals surface area contributed by atoms with Gasteiger partial charge in [-0.1, -0.05) is 40.2 Å². The van der Waals surface area contributed by atoms with Gasteiger partial charge in [0.2, 0.25) is 10.0 Å². The van der Waals surface area contributed by atoms with Gasteiger partial charge in [0, 0.05) is 10.0 Å². The Morgan fingerprint density at radius 2 is 1.79 bits per heavy atom. The zero-order valence-corrected chi connectivity index (χ0v) is 15.6. The smallest absolute Gasteiger partial charge is 0.228 e. The number of hydrogen-bond acceptors (Lipinski definition) is 4. The lowest BCUT2D eigenvalue weighted by Crippen LogP contribution is -2.38. The van der Waals surface area contributed by atoms with Crippen molar-refractivity contribution in [3.8, 4) is 5.75 Å². The first kappa shape index (κ1) is 17.0. The fraction of sp³-hybridized carbons (Fsp3) is 0.176. The van der Waals surface area contributed by atoms with Gasteiger partial charge in [-0.25, -0.2) is 8.42 Å². The lowest BCUT2D eigenvalue weighted by molar-refractivity contribution is 0.350. The third kappa shape index (κ3) is 3.33. The fourth-order valence-corrected chi connectivity index (χ4v) is 3.77. The maximum Gasteiger partial charge on any atom is 0.228 e. The van der Waals surface area contributed by atoms with Crippen LogP contribution in [0.25, 0.3) is 5.70 Å². The number of nitrogens with zero attached hydrogens (tertiary/aromatic N) is 1. The van der Waals surface area contributed by atoms with Crippen LogP contribution in [0.15, 0.2) is 59.1 Å². The molecule has 0 fully saturated rings. The molecule has 0 spiro atoms. The van der Waals surface area contributed by atoms with Gasteiger partial charge in [-0.15, -0.1) is 4.41 Å². The van der Waals surface area contributed by atoms with Crippen molar-refractivity contribution in [2.75, 3.05) is 13.4 Å². The third-order valence-corrected chi connectivity index (χ3v) is 5.34. The number of ether oxygens (including phenoxy) is 1. The summed E-state index contributed by atoms with van der Waals surface area (Å²) in [7, 11) is -1.86. The second kappa shape index (κ2) is 6.58. The Balaban J connectivity index is 2.06. The standard InChI is InChI=1S/C17H17BrN2O3S/c1-23-17-6-4-3-5-14(17)15-11-16(20(19-15)24(2,21)22)12-7-9-13(18)10-8-12/h3-11,16,19H,1-2H3. The molecule has 0 saturated carbocycles. The second-order valence-electron chi connectivity index (χ2n) is 5.45. The highest BCUT2D eigenvalue weighted by atomic mass is 79.9. The summed E-state index contributed by atoms with van der Waals surface area (Å²) in [5, 5.41) is 0. The monoisotopic (exact) mass is 408 g/mol. The van der Waals surface area contributed by atoms with Crippen molar-refractivity contribution in [1.82, 2.24) is 9.84 Å². The SMILES string of the molecule is COc1ccccc1C1=CC(c2ccc(Br)cc2)N(S(C)(=O)=O)N1. The highest BCUT2D eigenvalue weighted by Crippen LogP contribution is 2.36. The molecule has 0 bridgehead atoms. The van der Waals surface area contributed by atoms with Crippen molar-refractivity contribution in [2.24, 2.45) is 0 Å². The van der Waals surface area contributed by atoms with E-state index in [1.54, 1.807) is 7.11 Å². The van der Waals surface area contributed by atoms with Gasteiger partial charge >= 0.3 is 0 Å². The van der Waals surface area contributed by atoms with Gasteiger partial charge in [-0.05, 0) is 35.9 Å². The normalized spacial score (nSPS) is 18.1. The molecule has 3 rings (SSSR count). The highest BCUT2D eigenvalue weighted by Gasteiger charge is 2.33. The number of hydrazine groups is 1. The molecule has 2 aromatic carbocycles. The summed E-state index contributed by atoms with van der Waals surface area (Å²) >= 11 is 3.40. The number of hydrogen-bond donors (Lipinski definition) is 1. The topological polar surface area (TPSA) is 58.6 Å². The van der Waals surface area contributed by atoms with Crippen LogP contribution >= 0.6 is 15.9 Å². The van der Waals surface area contributed by atoms with Crippen LogP contribution in [0.1, 0.15) is 17.2 Å². The number of rotatable bonds is 4. The number of sulfonamides is 1. The van der Waals surface area contributed by atoms with Gasteiger partial charge in [0.05, 0.1) is 25.1 Å². The molecule has 1 heterocycles. The van der Waals surface area contributed by atoms with E-state index in [1.807, 2.05) is 54.6 Å². The maximum atomic E-state index is 12.2. The molecule has 5 nitrogen and oxygen atoms in total. The summed E-state index contributed by atoms with van der Waals surface area (Å²) in [5.74, 6) is 0.682. The molecule has 1 N–H and O–H groups in total. The van der Waals surface area contributed by atoms with E-state index in [1.165, 1.54) is 10.7 Å². The fourth-order valence-electron chi connectivity index (χ4n) is 2.65. The summed E-state index contributed by atoms with van der Waals surface area (Å²) in [4.78, 5) is 0. The number of benzene rings is 2. The molecule has 1 aliphatic heterocycles. The van der Waals surface area contributed by atoms with Crippen LogP contribution in [0, 0.1) is 0 Å². The quantitative estimate of drug-likeness (QED) is 0.842. The minimum absolute atomic E-state index is 0.423. The van der Waals surface area contributed by atoms with E-state index in [0.717, 1.165) is 15.6 Å². The first-order valence-corrected chi connectivity index (χ1v) is 9.91. The molecule has 0 aromatic heterocycles. The molecular formula is C17H17BrN2O3S. The highest BCUT2D eigenvalue weighted by molar-refractivity contribution is 9.10. The van der Waals surface area contributed by atoms with Gasteiger partial charge in [0.25, 0.3) is 0 Å². The molecule has 24 heavy (non-hydrogen) atoms. The van der Waals surface area contributed by atoms with Gasteiger partial charge in [0.15, 0.2) is 0 Å². The van der Waals surface area contributed by atoms with Crippen molar-refractivity contribution < 1.29 is 13.2 Å². The molecule has 1 atom stereocenters. The zero-order chi connectivity index (χ0) is 17.3. The number of nitrogens with one attached hydrogen (secondary N) is 1. The van der Waals surface area contributed by atoms with Crippen LogP contribution < -0.4 is 10.2 Å². The van der Waals surface area contributed by atoms with Crippen LogP contribution in [-0.2, 0) is 10.0 Å². The first-order chi connectivity index (χ1) is 11.4. The van der Waals surface area contributed by atoms with Crippen molar-refractivity contribution in [3.05, 3.63) is 70.2 Å². The number of halogens is 1. The minimum atomic E-state index is -3.45. The average Bonchev–Trinajstić information content (AvgIpc) is 3.01. The van der Waals surface area contributed by atoms with Crippen molar-refractivity contribution >= 4 is 31.7 Å². The lowest BCUT2D eigenvalue weighted by atomic mass is 10.1. The first-order valence-electron chi connectivity index (χ1n) is 7.27. The average molecular weight is 409 g/mol. The van der Waals surface area contributed by atoms with E-state index >= 15 is 0 Å². The lowest BCUT2D eigenvalue weighted by Gasteiger charge is -2.23. The molecule has 0 aliphatic carbocycles. The molecule has 126 valence electrons. The van der Waals surface area contributed by atoms with E-state index < -0.39 is 16.1 Å². The van der Waals surface area contributed by atoms with E-state index in [2.05, 4.69) is 21.4 Å². The Labute approximate surface area is 150 Å². The molecule has 0 radical (unpaired) electrons. The summed E-state index contributed by atoms with van der Waals surface area (Å²) in [6.45, 7) is 0. The summed E-state index contributed by atoms with van der Waals surface area (Å²) < 4.78 is 32.0. The largest absolute Gasteiger partial charge is 0.496 e.